The second kappa shape index (κ2) is 5.97. The Hall–Kier alpha value is -2.69. The second-order valence-corrected chi connectivity index (χ2v) is 4.03. The number of pyridine rings is 1. The molecule has 0 unspecified atom stereocenters. The van der Waals surface area contributed by atoms with Crippen molar-refractivity contribution in [1.82, 2.24) is 4.98 Å². The lowest BCUT2D eigenvalue weighted by Gasteiger charge is -2.12. The Morgan fingerprint density at radius 1 is 0.900 bits per heavy atom. The predicted octanol–water partition coefficient (Wildman–Crippen LogP) is 2.60. The molecule has 1 heterocycles. The maximum atomic E-state index is 11.2. The summed E-state index contributed by atoms with van der Waals surface area (Å²) < 4.78 is 10.3. The van der Waals surface area contributed by atoms with Gasteiger partial charge in [-0.1, -0.05) is 12.1 Å². The van der Waals surface area contributed by atoms with Crippen LogP contribution in [0, 0.1) is 0 Å². The van der Waals surface area contributed by atoms with Crippen molar-refractivity contribution in [3.63, 3.8) is 0 Å². The Morgan fingerprint density at radius 2 is 1.50 bits per heavy atom. The van der Waals surface area contributed by atoms with Gasteiger partial charge in [0.15, 0.2) is 0 Å². The highest BCUT2D eigenvalue weighted by Gasteiger charge is 2.16. The van der Waals surface area contributed by atoms with Crippen LogP contribution >= 0.6 is 0 Å². The molecule has 1 aromatic heterocycles. The molecule has 102 valence electrons. The van der Waals surface area contributed by atoms with Crippen molar-refractivity contribution in [2.45, 2.75) is 13.8 Å². The van der Waals surface area contributed by atoms with Crippen molar-refractivity contribution in [3.8, 4) is 22.8 Å². The fraction of sp³-hybridized carbons (Fsp3) is 0.133. The lowest BCUT2D eigenvalue weighted by Crippen LogP contribution is -2.07. The quantitative estimate of drug-likeness (QED) is 0.634. The van der Waals surface area contributed by atoms with Crippen molar-refractivity contribution in [1.29, 1.82) is 0 Å². The zero-order valence-corrected chi connectivity index (χ0v) is 11.1. The SMILES string of the molecule is CC(=O)Oc1cccc(OC(C)=O)c1-c1ccccn1. The van der Waals surface area contributed by atoms with Crippen LogP contribution in [0.4, 0.5) is 0 Å². The zero-order valence-electron chi connectivity index (χ0n) is 11.1. The van der Waals surface area contributed by atoms with Gasteiger partial charge < -0.3 is 9.47 Å². The number of hydrogen-bond donors (Lipinski definition) is 0. The van der Waals surface area contributed by atoms with E-state index in [9.17, 15) is 9.59 Å². The normalized spacial score (nSPS) is 9.90. The average molecular weight is 271 g/mol. The van der Waals surface area contributed by atoms with Crippen LogP contribution in [0.3, 0.4) is 0 Å². The van der Waals surface area contributed by atoms with Crippen LogP contribution < -0.4 is 9.47 Å². The molecule has 0 fully saturated rings. The van der Waals surface area contributed by atoms with E-state index in [-0.39, 0.29) is 0 Å². The van der Waals surface area contributed by atoms with Gasteiger partial charge in [-0.2, -0.15) is 0 Å². The van der Waals surface area contributed by atoms with Gasteiger partial charge in [0, 0.05) is 20.0 Å². The van der Waals surface area contributed by atoms with Crippen LogP contribution in [0.5, 0.6) is 11.5 Å². The first-order valence-corrected chi connectivity index (χ1v) is 5.99. The second-order valence-electron chi connectivity index (χ2n) is 4.03. The number of carbonyl (C=O) groups is 2. The minimum absolute atomic E-state index is 0.301. The smallest absolute Gasteiger partial charge is 0.308 e. The van der Waals surface area contributed by atoms with Gasteiger partial charge in [0.2, 0.25) is 0 Å². The Balaban J connectivity index is 2.58. The number of benzene rings is 1. The molecular weight excluding hydrogens is 258 g/mol. The van der Waals surface area contributed by atoms with Crippen LogP contribution in [0.25, 0.3) is 11.3 Å². The number of esters is 2. The highest BCUT2D eigenvalue weighted by Crippen LogP contribution is 2.37. The molecule has 0 radical (unpaired) electrons. The van der Waals surface area contributed by atoms with E-state index in [0.29, 0.717) is 22.8 Å². The first-order valence-electron chi connectivity index (χ1n) is 5.99. The summed E-state index contributed by atoms with van der Waals surface area (Å²) >= 11 is 0. The summed E-state index contributed by atoms with van der Waals surface area (Å²) in [5, 5.41) is 0. The van der Waals surface area contributed by atoms with E-state index >= 15 is 0 Å². The predicted molar refractivity (Wildman–Crippen MR) is 72.3 cm³/mol. The molecule has 20 heavy (non-hydrogen) atoms. The monoisotopic (exact) mass is 271 g/mol. The fourth-order valence-electron chi connectivity index (χ4n) is 1.75. The zero-order chi connectivity index (χ0) is 14.5. The molecule has 0 aliphatic heterocycles. The number of aromatic nitrogens is 1. The molecule has 2 rings (SSSR count). The highest BCUT2D eigenvalue weighted by atomic mass is 16.5. The number of hydrogen-bond acceptors (Lipinski definition) is 5. The van der Waals surface area contributed by atoms with E-state index in [1.165, 1.54) is 13.8 Å². The lowest BCUT2D eigenvalue weighted by atomic mass is 10.1. The van der Waals surface area contributed by atoms with Gasteiger partial charge in [0.1, 0.15) is 11.5 Å². The molecule has 0 aliphatic carbocycles. The molecule has 0 aliphatic rings. The standard InChI is InChI=1S/C15H13NO4/c1-10(17)19-13-7-5-8-14(20-11(2)18)15(13)12-6-3-4-9-16-12/h3-9H,1-2H3. The molecule has 0 saturated carbocycles. The summed E-state index contributed by atoms with van der Waals surface area (Å²) in [5.74, 6) is -0.311. The largest absolute Gasteiger partial charge is 0.426 e. The van der Waals surface area contributed by atoms with Gasteiger partial charge in [-0.15, -0.1) is 0 Å². The van der Waals surface area contributed by atoms with E-state index in [0.717, 1.165) is 0 Å². The maximum absolute atomic E-state index is 11.2. The van der Waals surface area contributed by atoms with Gasteiger partial charge in [0.05, 0.1) is 11.3 Å². The maximum Gasteiger partial charge on any atom is 0.308 e. The number of rotatable bonds is 3. The van der Waals surface area contributed by atoms with Crippen LogP contribution in [0.1, 0.15) is 13.8 Å². The minimum Gasteiger partial charge on any atom is -0.426 e. The molecule has 0 bridgehead atoms. The average Bonchev–Trinajstić information content (AvgIpc) is 2.38. The molecule has 1 aromatic carbocycles. The van der Waals surface area contributed by atoms with Crippen molar-refractivity contribution in [2.75, 3.05) is 0 Å². The van der Waals surface area contributed by atoms with Gasteiger partial charge >= 0.3 is 11.9 Å². The van der Waals surface area contributed by atoms with Crippen molar-refractivity contribution in [2.24, 2.45) is 0 Å². The summed E-state index contributed by atoms with van der Waals surface area (Å²) in [4.78, 5) is 26.6. The van der Waals surface area contributed by atoms with E-state index in [1.54, 1.807) is 42.6 Å². The lowest BCUT2D eigenvalue weighted by molar-refractivity contribution is -0.132. The van der Waals surface area contributed by atoms with E-state index < -0.39 is 11.9 Å². The third-order valence-electron chi connectivity index (χ3n) is 2.42. The number of ether oxygens (including phenoxy) is 2. The summed E-state index contributed by atoms with van der Waals surface area (Å²) in [7, 11) is 0. The first-order chi connectivity index (χ1) is 9.58. The van der Waals surface area contributed by atoms with E-state index in [4.69, 9.17) is 9.47 Å². The summed E-state index contributed by atoms with van der Waals surface area (Å²) in [5.41, 5.74) is 1.03. The van der Waals surface area contributed by atoms with E-state index in [1.807, 2.05) is 0 Å². The van der Waals surface area contributed by atoms with Gasteiger partial charge in [0.25, 0.3) is 0 Å². The minimum atomic E-state index is -0.456. The third-order valence-corrected chi connectivity index (χ3v) is 2.42. The third kappa shape index (κ3) is 3.20. The molecule has 0 atom stereocenters. The summed E-state index contributed by atoms with van der Waals surface area (Å²) in [6.07, 6.45) is 1.61. The van der Waals surface area contributed by atoms with Crippen molar-refractivity contribution in [3.05, 3.63) is 42.6 Å². The van der Waals surface area contributed by atoms with Gasteiger partial charge in [-0.3, -0.25) is 14.6 Å². The number of nitrogens with zero attached hydrogens (tertiary/aromatic N) is 1. The molecule has 2 aromatic rings. The molecule has 5 nitrogen and oxygen atoms in total. The fourth-order valence-corrected chi connectivity index (χ4v) is 1.75. The van der Waals surface area contributed by atoms with Crippen molar-refractivity contribution >= 4 is 11.9 Å². The molecule has 0 N–H and O–H groups in total. The van der Waals surface area contributed by atoms with Gasteiger partial charge in [-0.05, 0) is 24.3 Å². The molecular formula is C15H13NO4. The molecule has 0 saturated heterocycles. The Labute approximate surface area is 116 Å². The first kappa shape index (κ1) is 13.7. The van der Waals surface area contributed by atoms with Crippen LogP contribution in [0.2, 0.25) is 0 Å². The van der Waals surface area contributed by atoms with E-state index in [2.05, 4.69) is 4.98 Å². The van der Waals surface area contributed by atoms with Crippen molar-refractivity contribution < 1.29 is 19.1 Å². The topological polar surface area (TPSA) is 65.5 Å². The Kier molecular flexibility index (Phi) is 4.10. The number of carbonyl (C=O) groups excluding carboxylic acids is 2. The van der Waals surface area contributed by atoms with Crippen LogP contribution in [0.15, 0.2) is 42.6 Å². The summed E-state index contributed by atoms with van der Waals surface area (Å²) in [6.45, 7) is 2.61. The van der Waals surface area contributed by atoms with Crippen LogP contribution in [-0.2, 0) is 9.59 Å². The Bertz CT molecular complexity index is 603. The molecule has 0 spiro atoms. The van der Waals surface area contributed by atoms with Gasteiger partial charge in [-0.25, -0.2) is 0 Å². The Morgan fingerprint density at radius 3 is 1.95 bits per heavy atom. The molecule has 0 amide bonds. The van der Waals surface area contributed by atoms with Crippen LogP contribution in [-0.4, -0.2) is 16.9 Å². The molecule has 5 heteroatoms. The summed E-state index contributed by atoms with van der Waals surface area (Å²) in [6, 6.07) is 10.2. The highest BCUT2D eigenvalue weighted by molar-refractivity contribution is 5.81.